The van der Waals surface area contributed by atoms with E-state index in [1.165, 1.54) is 32.4 Å². The molecule has 7 nitrogen and oxygen atoms in total. The lowest BCUT2D eigenvalue weighted by Gasteiger charge is -2.09. The molecule has 0 fully saturated rings. The number of hydrogen-bond donors (Lipinski definition) is 2. The van der Waals surface area contributed by atoms with Crippen LogP contribution < -0.4 is 14.2 Å². The van der Waals surface area contributed by atoms with Crippen LogP contribution in [0.2, 0.25) is 0 Å². The predicted molar refractivity (Wildman–Crippen MR) is 124 cm³/mol. The average Bonchev–Trinajstić information content (AvgIpc) is 2.78. The molecule has 0 spiro atoms. The van der Waals surface area contributed by atoms with Crippen LogP contribution in [0.3, 0.4) is 0 Å². The van der Waals surface area contributed by atoms with Crippen LogP contribution in [0.15, 0.2) is 48.6 Å². The van der Waals surface area contributed by atoms with Crippen molar-refractivity contribution in [2.45, 2.75) is 12.8 Å². The molecule has 0 unspecified atom stereocenters. The summed E-state index contributed by atoms with van der Waals surface area (Å²) in [4.78, 5) is 35.8. The molecule has 0 aromatic heterocycles. The summed E-state index contributed by atoms with van der Waals surface area (Å²) in [5.74, 6) is 0.120. The fourth-order valence-corrected chi connectivity index (χ4v) is 2.79. The van der Waals surface area contributed by atoms with Crippen molar-refractivity contribution in [1.29, 1.82) is 0 Å². The van der Waals surface area contributed by atoms with Crippen LogP contribution in [0, 0.1) is 0 Å². The van der Waals surface area contributed by atoms with E-state index >= 15 is 0 Å². The maximum Gasteiger partial charge on any atom is 0.312 e. The van der Waals surface area contributed by atoms with Gasteiger partial charge in [-0.25, -0.2) is 0 Å². The number of benzene rings is 2. The van der Waals surface area contributed by atoms with E-state index in [9.17, 15) is 19.5 Å². The number of carbonyl (C=O) groups excluding carboxylic acids is 3. The van der Waals surface area contributed by atoms with Gasteiger partial charge in [0.1, 0.15) is 0 Å². The molecular formula is C24H24O7S. The number of rotatable bonds is 11. The first-order valence-electron chi connectivity index (χ1n) is 9.64. The van der Waals surface area contributed by atoms with Crippen molar-refractivity contribution in [2.24, 2.45) is 0 Å². The van der Waals surface area contributed by atoms with Crippen LogP contribution in [-0.2, 0) is 14.4 Å². The third kappa shape index (κ3) is 7.63. The highest BCUT2D eigenvalue weighted by Gasteiger charge is 2.10. The van der Waals surface area contributed by atoms with Gasteiger partial charge in [-0.3, -0.25) is 14.4 Å². The minimum Gasteiger partial charge on any atom is -0.504 e. The van der Waals surface area contributed by atoms with E-state index in [1.807, 2.05) is 0 Å². The molecular weight excluding hydrogens is 432 g/mol. The summed E-state index contributed by atoms with van der Waals surface area (Å²) in [5, 5.41) is 9.59. The minimum absolute atomic E-state index is 0.00299. The Labute approximate surface area is 191 Å². The molecule has 0 atom stereocenters. The van der Waals surface area contributed by atoms with Gasteiger partial charge < -0.3 is 19.3 Å². The van der Waals surface area contributed by atoms with E-state index in [-0.39, 0.29) is 41.7 Å². The molecule has 0 saturated carbocycles. The lowest BCUT2D eigenvalue weighted by atomic mass is 10.1. The number of aromatic hydroxyl groups is 1. The second kappa shape index (κ2) is 12.4. The first-order chi connectivity index (χ1) is 15.4. The highest BCUT2D eigenvalue weighted by atomic mass is 32.1. The van der Waals surface area contributed by atoms with Gasteiger partial charge in [0.05, 0.1) is 27.1 Å². The number of phenols is 1. The Balaban J connectivity index is 1.97. The lowest BCUT2D eigenvalue weighted by Crippen LogP contribution is -2.09. The van der Waals surface area contributed by atoms with Gasteiger partial charge >= 0.3 is 5.97 Å². The van der Waals surface area contributed by atoms with Crippen molar-refractivity contribution in [3.8, 4) is 23.0 Å². The Morgan fingerprint density at radius 3 is 2.00 bits per heavy atom. The summed E-state index contributed by atoms with van der Waals surface area (Å²) in [6.07, 6.45) is 5.57. The molecule has 32 heavy (non-hydrogen) atoms. The molecule has 0 heterocycles. The van der Waals surface area contributed by atoms with Crippen molar-refractivity contribution in [3.63, 3.8) is 0 Å². The molecule has 0 aliphatic heterocycles. The predicted octanol–water partition coefficient (Wildman–Crippen LogP) is 3.89. The highest BCUT2D eigenvalue weighted by molar-refractivity contribution is 7.80. The Morgan fingerprint density at radius 2 is 1.44 bits per heavy atom. The number of carbonyl (C=O) groups is 3. The van der Waals surface area contributed by atoms with E-state index in [2.05, 4.69) is 12.6 Å². The molecule has 0 bridgehead atoms. The topological polar surface area (TPSA) is 99.1 Å². The van der Waals surface area contributed by atoms with Crippen molar-refractivity contribution < 1.29 is 33.7 Å². The molecule has 0 amide bonds. The van der Waals surface area contributed by atoms with Gasteiger partial charge in [-0.15, -0.1) is 0 Å². The van der Waals surface area contributed by atoms with Gasteiger partial charge in [0.2, 0.25) is 0 Å². The highest BCUT2D eigenvalue weighted by Crippen LogP contribution is 2.29. The average molecular weight is 457 g/mol. The Bertz CT molecular complexity index is 1040. The molecule has 0 aliphatic carbocycles. The zero-order valence-electron chi connectivity index (χ0n) is 17.7. The monoisotopic (exact) mass is 456 g/mol. The molecule has 8 heteroatoms. The molecule has 0 radical (unpaired) electrons. The number of esters is 1. The molecule has 2 aromatic rings. The summed E-state index contributed by atoms with van der Waals surface area (Å²) in [6.45, 7) is 0. The van der Waals surface area contributed by atoms with Crippen molar-refractivity contribution in [2.75, 3.05) is 20.0 Å². The molecule has 0 saturated heterocycles. The number of hydrogen-bond acceptors (Lipinski definition) is 8. The Hall–Kier alpha value is -3.52. The van der Waals surface area contributed by atoms with Crippen LogP contribution in [0.5, 0.6) is 23.0 Å². The third-order valence-corrected chi connectivity index (χ3v) is 4.43. The zero-order valence-corrected chi connectivity index (χ0v) is 18.6. The largest absolute Gasteiger partial charge is 0.504 e. The van der Waals surface area contributed by atoms with Gasteiger partial charge in [-0.1, -0.05) is 24.3 Å². The molecule has 2 aromatic carbocycles. The SMILES string of the molecule is COc1cc(/C=C/C(=O)CC(=O)/C=C/c2ccc(OC(=O)CCS)c(OC)c2)ccc1O. The summed E-state index contributed by atoms with van der Waals surface area (Å²) in [6, 6.07) is 9.50. The molecule has 2 rings (SSSR count). The zero-order chi connectivity index (χ0) is 23.5. The third-order valence-electron chi connectivity index (χ3n) is 4.20. The fraction of sp³-hybridized carbons (Fsp3) is 0.208. The van der Waals surface area contributed by atoms with E-state index in [4.69, 9.17) is 14.2 Å². The van der Waals surface area contributed by atoms with Gasteiger partial charge in [-0.2, -0.15) is 12.6 Å². The number of allylic oxidation sites excluding steroid dienone is 2. The second-order valence-corrected chi connectivity index (χ2v) is 7.01. The quantitative estimate of drug-likeness (QED) is 0.174. The Morgan fingerprint density at radius 1 is 0.875 bits per heavy atom. The van der Waals surface area contributed by atoms with E-state index < -0.39 is 5.97 Å². The van der Waals surface area contributed by atoms with Gasteiger partial charge in [0, 0.05) is 5.75 Å². The number of thiol groups is 1. The normalized spacial score (nSPS) is 11.0. The molecule has 0 aliphatic rings. The van der Waals surface area contributed by atoms with E-state index in [0.29, 0.717) is 22.6 Å². The number of ether oxygens (including phenoxy) is 3. The van der Waals surface area contributed by atoms with Crippen LogP contribution in [-0.4, -0.2) is 42.6 Å². The van der Waals surface area contributed by atoms with Gasteiger partial charge in [0.15, 0.2) is 34.6 Å². The summed E-state index contributed by atoms with van der Waals surface area (Å²) < 4.78 is 15.5. The standard InChI is InChI=1S/C24H24O7S/c1-29-22-13-16(5-9-20(22)27)3-7-18(25)15-19(26)8-4-17-6-10-21(23(14-17)30-2)31-24(28)11-12-32/h3-10,13-14,27,32H,11-12,15H2,1-2H3/b7-3+,8-4+. The fourth-order valence-electron chi connectivity index (χ4n) is 2.60. The summed E-state index contributed by atoms with van der Waals surface area (Å²) >= 11 is 3.99. The van der Waals surface area contributed by atoms with Crippen LogP contribution >= 0.6 is 12.6 Å². The first kappa shape index (κ1) is 24.7. The van der Waals surface area contributed by atoms with Crippen molar-refractivity contribution in [1.82, 2.24) is 0 Å². The number of methoxy groups -OCH3 is 2. The number of ketones is 2. The van der Waals surface area contributed by atoms with Crippen molar-refractivity contribution >= 4 is 42.3 Å². The second-order valence-electron chi connectivity index (χ2n) is 6.57. The minimum atomic E-state index is -0.422. The lowest BCUT2D eigenvalue weighted by molar-refractivity contribution is -0.134. The van der Waals surface area contributed by atoms with Gasteiger partial charge in [-0.05, 0) is 47.5 Å². The van der Waals surface area contributed by atoms with Crippen LogP contribution in [0.4, 0.5) is 0 Å². The maximum atomic E-state index is 12.1. The first-order valence-corrected chi connectivity index (χ1v) is 10.3. The molecule has 168 valence electrons. The maximum absolute atomic E-state index is 12.1. The van der Waals surface area contributed by atoms with Crippen LogP contribution in [0.25, 0.3) is 12.2 Å². The molecule has 1 N–H and O–H groups in total. The van der Waals surface area contributed by atoms with E-state index in [1.54, 1.807) is 42.5 Å². The van der Waals surface area contributed by atoms with Crippen LogP contribution in [0.1, 0.15) is 24.0 Å². The summed E-state index contributed by atoms with van der Waals surface area (Å²) in [7, 11) is 2.87. The van der Waals surface area contributed by atoms with Crippen molar-refractivity contribution in [3.05, 3.63) is 59.7 Å². The van der Waals surface area contributed by atoms with E-state index in [0.717, 1.165) is 0 Å². The Kier molecular flexibility index (Phi) is 9.56. The smallest absolute Gasteiger partial charge is 0.312 e. The van der Waals surface area contributed by atoms with Gasteiger partial charge in [0.25, 0.3) is 0 Å². The summed E-state index contributed by atoms with van der Waals surface area (Å²) in [5.41, 5.74) is 1.29. The number of phenolic OH excluding ortho intramolecular Hbond substituents is 1.